The van der Waals surface area contributed by atoms with Gasteiger partial charge < -0.3 is 4.43 Å². The molecule has 9 heavy (non-hydrogen) atoms. The zero-order valence-corrected chi connectivity index (χ0v) is 6.96. The van der Waals surface area contributed by atoms with Crippen LogP contribution < -0.4 is 0 Å². The van der Waals surface area contributed by atoms with Crippen molar-refractivity contribution >= 4 is 9.04 Å². The Kier molecular flexibility index (Phi) is 3.01. The van der Waals surface area contributed by atoms with Crippen LogP contribution in [0.25, 0.3) is 0 Å². The van der Waals surface area contributed by atoms with E-state index in [2.05, 4.69) is 6.58 Å². The van der Waals surface area contributed by atoms with Crippen molar-refractivity contribution < 1.29 is 4.43 Å². The average molecular weight is 142 g/mol. The molecule has 52 valence electrons. The van der Waals surface area contributed by atoms with E-state index in [-0.39, 0.29) is 0 Å². The van der Waals surface area contributed by atoms with E-state index in [1.54, 1.807) is 0 Å². The van der Waals surface area contributed by atoms with Gasteiger partial charge in [-0.05, 0) is 18.5 Å². The Morgan fingerprint density at radius 1 is 1.56 bits per heavy atom. The summed E-state index contributed by atoms with van der Waals surface area (Å²) in [6.45, 7) is 4.73. The van der Waals surface area contributed by atoms with Gasteiger partial charge in [0.2, 0.25) is 0 Å². The number of allylic oxidation sites excluding steroid dienone is 1. The second-order valence-electron chi connectivity index (χ2n) is 2.51. The van der Waals surface area contributed by atoms with Crippen LogP contribution in [0.2, 0.25) is 12.1 Å². The molecule has 1 nitrogen and oxygen atoms in total. The molecule has 0 radical (unpaired) electrons. The SMILES string of the molecule is C=CC[SiH]1CCCCO1. The van der Waals surface area contributed by atoms with Gasteiger partial charge in [-0.3, -0.25) is 0 Å². The Morgan fingerprint density at radius 3 is 3.00 bits per heavy atom. The fraction of sp³-hybridized carbons (Fsp3) is 0.714. The maximum Gasteiger partial charge on any atom is 0.180 e. The first kappa shape index (κ1) is 7.03. The van der Waals surface area contributed by atoms with Crippen LogP contribution in [-0.4, -0.2) is 15.6 Å². The van der Waals surface area contributed by atoms with Crippen molar-refractivity contribution in [3.05, 3.63) is 12.7 Å². The Bertz CT molecular complexity index is 86.9. The number of hydrogen-bond donors (Lipinski definition) is 0. The molecule has 0 aromatic carbocycles. The molecule has 1 unspecified atom stereocenters. The molecule has 1 atom stereocenters. The lowest BCUT2D eigenvalue weighted by Gasteiger charge is -2.19. The van der Waals surface area contributed by atoms with Gasteiger partial charge in [0, 0.05) is 6.61 Å². The average Bonchev–Trinajstić information content (AvgIpc) is 1.91. The summed E-state index contributed by atoms with van der Waals surface area (Å²) in [6.07, 6.45) is 4.67. The van der Waals surface area contributed by atoms with Gasteiger partial charge >= 0.3 is 0 Å². The van der Waals surface area contributed by atoms with Gasteiger partial charge in [0.15, 0.2) is 9.04 Å². The van der Waals surface area contributed by atoms with Gasteiger partial charge in [0.05, 0.1) is 0 Å². The van der Waals surface area contributed by atoms with Gasteiger partial charge in [-0.25, -0.2) is 0 Å². The van der Waals surface area contributed by atoms with Gasteiger partial charge in [0.1, 0.15) is 0 Å². The topological polar surface area (TPSA) is 9.23 Å². The van der Waals surface area contributed by atoms with Crippen LogP contribution in [0.1, 0.15) is 12.8 Å². The third kappa shape index (κ3) is 2.33. The first-order valence-electron chi connectivity index (χ1n) is 3.66. The minimum absolute atomic E-state index is 0.744. The van der Waals surface area contributed by atoms with Gasteiger partial charge in [-0.2, -0.15) is 0 Å². The molecule has 0 aliphatic carbocycles. The van der Waals surface area contributed by atoms with E-state index < -0.39 is 9.04 Å². The maximum absolute atomic E-state index is 5.59. The number of hydrogen-bond acceptors (Lipinski definition) is 1. The fourth-order valence-corrected chi connectivity index (χ4v) is 3.33. The molecular weight excluding hydrogens is 128 g/mol. The zero-order valence-electron chi connectivity index (χ0n) is 5.81. The lowest BCUT2D eigenvalue weighted by Crippen LogP contribution is -2.21. The molecule has 1 aliphatic heterocycles. The summed E-state index contributed by atoms with van der Waals surface area (Å²) in [5.74, 6) is 0. The third-order valence-electron chi connectivity index (χ3n) is 1.70. The first-order chi connectivity index (χ1) is 4.43. The minimum Gasteiger partial charge on any atom is -0.420 e. The molecule has 0 spiro atoms. The molecule has 2 heteroatoms. The molecular formula is C7H14OSi. The summed E-state index contributed by atoms with van der Waals surface area (Å²) in [4.78, 5) is 0. The standard InChI is InChI=1S/C7H14OSi/c1-2-6-9-7-4-3-5-8-9/h2,9H,1,3-7H2. The second kappa shape index (κ2) is 3.85. The van der Waals surface area contributed by atoms with Crippen LogP contribution in [-0.2, 0) is 4.43 Å². The predicted molar refractivity (Wildman–Crippen MR) is 42.1 cm³/mol. The Morgan fingerprint density at radius 2 is 2.44 bits per heavy atom. The van der Waals surface area contributed by atoms with E-state index in [0.717, 1.165) is 6.61 Å². The van der Waals surface area contributed by atoms with E-state index in [1.807, 2.05) is 6.08 Å². The monoisotopic (exact) mass is 142 g/mol. The Balaban J connectivity index is 2.15. The highest BCUT2D eigenvalue weighted by molar-refractivity contribution is 6.52. The summed E-state index contributed by atoms with van der Waals surface area (Å²) in [7, 11) is -0.744. The zero-order chi connectivity index (χ0) is 6.53. The summed E-state index contributed by atoms with van der Waals surface area (Å²) < 4.78 is 5.59. The molecule has 1 aliphatic rings. The molecule has 0 bridgehead atoms. The molecule has 0 saturated carbocycles. The van der Waals surface area contributed by atoms with E-state index in [4.69, 9.17) is 4.43 Å². The molecule has 0 amide bonds. The van der Waals surface area contributed by atoms with E-state index >= 15 is 0 Å². The van der Waals surface area contributed by atoms with Crippen LogP contribution in [0.3, 0.4) is 0 Å². The predicted octanol–water partition coefficient (Wildman–Crippen LogP) is 1.71. The maximum atomic E-state index is 5.59. The normalized spacial score (nSPS) is 27.8. The molecule has 1 fully saturated rings. The lowest BCUT2D eigenvalue weighted by molar-refractivity contribution is 0.288. The minimum atomic E-state index is -0.744. The summed E-state index contributed by atoms with van der Waals surface area (Å²) in [5, 5.41) is 0. The molecule has 1 saturated heterocycles. The van der Waals surface area contributed by atoms with Gasteiger partial charge in [0.25, 0.3) is 0 Å². The van der Waals surface area contributed by atoms with Crippen molar-refractivity contribution in [2.24, 2.45) is 0 Å². The fourth-order valence-electron chi connectivity index (χ4n) is 1.18. The molecule has 0 aromatic heterocycles. The van der Waals surface area contributed by atoms with E-state index in [0.29, 0.717) is 0 Å². The highest BCUT2D eigenvalue weighted by Gasteiger charge is 2.13. The van der Waals surface area contributed by atoms with Crippen molar-refractivity contribution in [3.8, 4) is 0 Å². The van der Waals surface area contributed by atoms with Crippen molar-refractivity contribution in [1.82, 2.24) is 0 Å². The molecule has 1 rings (SSSR count). The Labute approximate surface area is 58.4 Å². The van der Waals surface area contributed by atoms with Crippen molar-refractivity contribution in [2.75, 3.05) is 6.61 Å². The quantitative estimate of drug-likeness (QED) is 0.421. The van der Waals surface area contributed by atoms with Crippen LogP contribution >= 0.6 is 0 Å². The van der Waals surface area contributed by atoms with Crippen LogP contribution in [0.4, 0.5) is 0 Å². The summed E-state index contributed by atoms with van der Waals surface area (Å²) >= 11 is 0. The van der Waals surface area contributed by atoms with Gasteiger partial charge in [-0.15, -0.1) is 6.58 Å². The first-order valence-corrected chi connectivity index (χ1v) is 5.76. The van der Waals surface area contributed by atoms with Crippen LogP contribution in [0.5, 0.6) is 0 Å². The van der Waals surface area contributed by atoms with E-state index in [1.165, 1.54) is 24.9 Å². The molecule has 1 heterocycles. The van der Waals surface area contributed by atoms with Crippen LogP contribution in [0.15, 0.2) is 12.7 Å². The highest BCUT2D eigenvalue weighted by atomic mass is 28.3. The van der Waals surface area contributed by atoms with Crippen molar-refractivity contribution in [1.29, 1.82) is 0 Å². The summed E-state index contributed by atoms with van der Waals surface area (Å²) in [6, 6.07) is 2.53. The van der Waals surface area contributed by atoms with Crippen LogP contribution in [0, 0.1) is 0 Å². The Hall–Kier alpha value is -0.0831. The largest absolute Gasteiger partial charge is 0.420 e. The molecule has 0 N–H and O–H groups in total. The van der Waals surface area contributed by atoms with Crippen molar-refractivity contribution in [2.45, 2.75) is 24.9 Å². The smallest absolute Gasteiger partial charge is 0.180 e. The molecule has 0 aromatic rings. The van der Waals surface area contributed by atoms with Crippen molar-refractivity contribution in [3.63, 3.8) is 0 Å². The van der Waals surface area contributed by atoms with E-state index in [9.17, 15) is 0 Å². The third-order valence-corrected chi connectivity index (χ3v) is 4.32. The van der Waals surface area contributed by atoms with Gasteiger partial charge in [-0.1, -0.05) is 12.5 Å². The lowest BCUT2D eigenvalue weighted by atomic mass is 10.4. The second-order valence-corrected chi connectivity index (χ2v) is 5.14. The highest BCUT2D eigenvalue weighted by Crippen LogP contribution is 2.13. The number of rotatable bonds is 2. The summed E-state index contributed by atoms with van der Waals surface area (Å²) in [5.41, 5.74) is 0.